The van der Waals surface area contributed by atoms with Gasteiger partial charge in [0.1, 0.15) is 0 Å². The highest BCUT2D eigenvalue weighted by Gasteiger charge is 2.18. The third-order valence-corrected chi connectivity index (χ3v) is 4.31. The molecule has 0 amide bonds. The van der Waals surface area contributed by atoms with E-state index < -0.39 is 16.1 Å². The number of sulfonamides is 1. The zero-order valence-electron chi connectivity index (χ0n) is 11.2. The zero-order valence-corrected chi connectivity index (χ0v) is 12.0. The van der Waals surface area contributed by atoms with Crippen molar-refractivity contribution in [1.82, 2.24) is 4.72 Å². The summed E-state index contributed by atoms with van der Waals surface area (Å²) >= 11 is 0. The minimum atomic E-state index is -3.64. The molecule has 20 heavy (non-hydrogen) atoms. The summed E-state index contributed by atoms with van der Waals surface area (Å²) in [5.74, 6) is 0. The maximum atomic E-state index is 12.3. The first-order chi connectivity index (χ1) is 9.50. The number of benzene rings is 2. The highest BCUT2D eigenvalue weighted by atomic mass is 32.2. The van der Waals surface area contributed by atoms with E-state index in [4.69, 9.17) is 0 Å². The van der Waals surface area contributed by atoms with Gasteiger partial charge in [0.2, 0.25) is 10.0 Å². The minimum absolute atomic E-state index is 0.00847. The quantitative estimate of drug-likeness (QED) is 0.885. The summed E-state index contributed by atoms with van der Waals surface area (Å²) in [6, 6.07) is 16.2. The van der Waals surface area contributed by atoms with E-state index in [2.05, 4.69) is 4.72 Å². The number of hydrogen-bond donors (Lipinski definition) is 2. The lowest BCUT2D eigenvalue weighted by molar-refractivity contribution is 0.198. The van der Waals surface area contributed by atoms with Gasteiger partial charge in [0.25, 0.3) is 0 Å². The Morgan fingerprint density at radius 1 is 1.05 bits per heavy atom. The molecule has 1 atom stereocenters. The second kappa shape index (κ2) is 6.17. The van der Waals surface area contributed by atoms with Crippen molar-refractivity contribution < 1.29 is 13.5 Å². The van der Waals surface area contributed by atoms with Crippen LogP contribution in [0.4, 0.5) is 0 Å². The Bertz CT molecular complexity index is 667. The normalized spacial score (nSPS) is 13.1. The van der Waals surface area contributed by atoms with Crippen LogP contribution in [-0.4, -0.2) is 26.2 Å². The van der Waals surface area contributed by atoms with Crippen LogP contribution < -0.4 is 4.72 Å². The predicted octanol–water partition coefficient (Wildman–Crippen LogP) is 2.01. The molecular weight excluding hydrogens is 274 g/mol. The molecule has 2 rings (SSSR count). The summed E-state index contributed by atoms with van der Waals surface area (Å²) < 4.78 is 27.0. The van der Waals surface area contributed by atoms with Crippen molar-refractivity contribution in [3.05, 3.63) is 54.6 Å². The second-order valence-electron chi connectivity index (χ2n) is 4.56. The molecule has 106 valence electrons. The second-order valence-corrected chi connectivity index (χ2v) is 6.30. The number of aliphatic hydroxyl groups is 1. The fourth-order valence-electron chi connectivity index (χ4n) is 1.87. The van der Waals surface area contributed by atoms with Crippen LogP contribution in [0, 0.1) is 0 Å². The minimum Gasteiger partial charge on any atom is -0.392 e. The lowest BCUT2D eigenvalue weighted by Crippen LogP contribution is -2.30. The largest absolute Gasteiger partial charge is 0.392 e. The number of rotatable bonds is 5. The fraction of sp³-hybridized carbons (Fsp3) is 0.200. The maximum absolute atomic E-state index is 12.3. The van der Waals surface area contributed by atoms with Gasteiger partial charge in [-0.25, -0.2) is 13.1 Å². The van der Waals surface area contributed by atoms with Crippen LogP contribution in [0.15, 0.2) is 59.5 Å². The van der Waals surface area contributed by atoms with Gasteiger partial charge < -0.3 is 5.11 Å². The first-order valence-electron chi connectivity index (χ1n) is 6.33. The van der Waals surface area contributed by atoms with Gasteiger partial charge in [-0.1, -0.05) is 48.5 Å². The van der Waals surface area contributed by atoms with E-state index in [0.29, 0.717) is 5.56 Å². The van der Waals surface area contributed by atoms with Crippen molar-refractivity contribution in [2.45, 2.75) is 17.9 Å². The molecule has 0 aliphatic rings. The first-order valence-corrected chi connectivity index (χ1v) is 7.81. The molecule has 0 saturated heterocycles. The van der Waals surface area contributed by atoms with Crippen LogP contribution in [0.3, 0.4) is 0 Å². The van der Waals surface area contributed by atoms with Crippen LogP contribution in [0.25, 0.3) is 11.1 Å². The predicted molar refractivity (Wildman–Crippen MR) is 78.7 cm³/mol. The molecule has 2 N–H and O–H groups in total. The van der Waals surface area contributed by atoms with Crippen molar-refractivity contribution in [2.24, 2.45) is 0 Å². The molecule has 2 aromatic rings. The highest BCUT2D eigenvalue weighted by Crippen LogP contribution is 2.26. The molecule has 2 aromatic carbocycles. The summed E-state index contributed by atoms with van der Waals surface area (Å²) in [5.41, 5.74) is 1.48. The monoisotopic (exact) mass is 291 g/mol. The number of aliphatic hydroxyl groups excluding tert-OH is 1. The van der Waals surface area contributed by atoms with Crippen molar-refractivity contribution >= 4 is 10.0 Å². The van der Waals surface area contributed by atoms with Gasteiger partial charge in [0.15, 0.2) is 0 Å². The molecule has 0 heterocycles. The number of hydrogen-bond acceptors (Lipinski definition) is 3. The smallest absolute Gasteiger partial charge is 0.241 e. The van der Waals surface area contributed by atoms with E-state index in [1.54, 1.807) is 24.3 Å². The summed E-state index contributed by atoms with van der Waals surface area (Å²) in [6.45, 7) is 1.52. The van der Waals surface area contributed by atoms with Crippen molar-refractivity contribution in [3.63, 3.8) is 0 Å². The zero-order chi connectivity index (χ0) is 14.6. The van der Waals surface area contributed by atoms with E-state index in [0.717, 1.165) is 5.56 Å². The Balaban J connectivity index is 2.43. The molecule has 0 radical (unpaired) electrons. The summed E-state index contributed by atoms with van der Waals surface area (Å²) in [5, 5.41) is 9.22. The molecule has 1 unspecified atom stereocenters. The van der Waals surface area contributed by atoms with Gasteiger partial charge >= 0.3 is 0 Å². The van der Waals surface area contributed by atoms with Crippen molar-refractivity contribution in [1.29, 1.82) is 0 Å². The standard InChI is InChI=1S/C15H17NO3S/c1-12(17)11-16-20(18,19)15-10-6-5-9-14(15)13-7-3-2-4-8-13/h2-10,12,16-17H,11H2,1H3. The van der Waals surface area contributed by atoms with Gasteiger partial charge in [-0.05, 0) is 18.6 Å². The lowest BCUT2D eigenvalue weighted by atomic mass is 10.1. The van der Waals surface area contributed by atoms with E-state index in [1.165, 1.54) is 6.92 Å². The van der Waals surface area contributed by atoms with Crippen molar-refractivity contribution in [3.8, 4) is 11.1 Å². The third-order valence-electron chi connectivity index (χ3n) is 2.83. The molecule has 0 aliphatic carbocycles. The average molecular weight is 291 g/mol. The van der Waals surface area contributed by atoms with Crippen LogP contribution in [-0.2, 0) is 10.0 Å². The Labute approximate surface area is 119 Å². The Morgan fingerprint density at radius 2 is 1.65 bits per heavy atom. The lowest BCUT2D eigenvalue weighted by Gasteiger charge is -2.12. The molecule has 0 fully saturated rings. The van der Waals surface area contributed by atoms with E-state index >= 15 is 0 Å². The fourth-order valence-corrected chi connectivity index (χ4v) is 3.21. The van der Waals surface area contributed by atoms with Gasteiger partial charge in [0.05, 0.1) is 11.0 Å². The first kappa shape index (κ1) is 14.7. The Hall–Kier alpha value is -1.69. The molecule has 0 aliphatic heterocycles. The van der Waals surface area contributed by atoms with E-state index in [1.807, 2.05) is 30.3 Å². The SMILES string of the molecule is CC(O)CNS(=O)(=O)c1ccccc1-c1ccccc1. The summed E-state index contributed by atoms with van der Waals surface area (Å²) in [7, 11) is -3.64. The van der Waals surface area contributed by atoms with Crippen LogP contribution in [0.1, 0.15) is 6.92 Å². The molecule has 0 bridgehead atoms. The highest BCUT2D eigenvalue weighted by molar-refractivity contribution is 7.89. The topological polar surface area (TPSA) is 66.4 Å². The Kier molecular flexibility index (Phi) is 4.54. The van der Waals surface area contributed by atoms with Gasteiger partial charge in [-0.2, -0.15) is 0 Å². The number of nitrogens with one attached hydrogen (secondary N) is 1. The molecule has 0 spiro atoms. The molecule has 4 nitrogen and oxygen atoms in total. The van der Waals surface area contributed by atoms with Gasteiger partial charge in [-0.3, -0.25) is 0 Å². The molecule has 0 aromatic heterocycles. The molecular formula is C15H17NO3S. The van der Waals surface area contributed by atoms with Crippen LogP contribution >= 0.6 is 0 Å². The average Bonchev–Trinajstić information content (AvgIpc) is 2.46. The van der Waals surface area contributed by atoms with Crippen molar-refractivity contribution in [2.75, 3.05) is 6.54 Å². The summed E-state index contributed by atoms with van der Waals surface area (Å²) in [6.07, 6.45) is -0.728. The van der Waals surface area contributed by atoms with Crippen LogP contribution in [0.5, 0.6) is 0 Å². The van der Waals surface area contributed by atoms with E-state index in [9.17, 15) is 13.5 Å². The van der Waals surface area contributed by atoms with Crippen LogP contribution in [0.2, 0.25) is 0 Å². The van der Waals surface area contributed by atoms with E-state index in [-0.39, 0.29) is 11.4 Å². The Morgan fingerprint density at radius 3 is 2.30 bits per heavy atom. The third kappa shape index (κ3) is 3.45. The summed E-state index contributed by atoms with van der Waals surface area (Å²) in [4.78, 5) is 0.215. The molecule has 0 saturated carbocycles. The van der Waals surface area contributed by atoms with Gasteiger partial charge in [0, 0.05) is 12.1 Å². The molecule has 5 heteroatoms. The van der Waals surface area contributed by atoms with Gasteiger partial charge in [-0.15, -0.1) is 0 Å². The maximum Gasteiger partial charge on any atom is 0.241 e.